The lowest BCUT2D eigenvalue weighted by Gasteiger charge is -2.42. The molecule has 0 bridgehead atoms. The number of aromatic nitrogens is 3. The van der Waals surface area contributed by atoms with Gasteiger partial charge in [-0.15, -0.1) is 0 Å². The molecular weight excluding hydrogens is 498 g/mol. The van der Waals surface area contributed by atoms with Crippen LogP contribution < -0.4 is 4.74 Å². The smallest absolute Gasteiger partial charge is 0.122 e. The summed E-state index contributed by atoms with van der Waals surface area (Å²) in [7, 11) is 3.52. The van der Waals surface area contributed by atoms with Gasteiger partial charge >= 0.3 is 0 Å². The Bertz CT molecular complexity index is 1380. The van der Waals surface area contributed by atoms with Gasteiger partial charge in [0.05, 0.1) is 18.8 Å². The van der Waals surface area contributed by atoms with Crippen molar-refractivity contribution in [3.05, 3.63) is 72.1 Å². The zero-order chi connectivity index (χ0) is 27.3. The van der Waals surface area contributed by atoms with Crippen LogP contribution >= 0.6 is 0 Å². The average molecular weight is 542 g/mol. The lowest BCUT2D eigenvalue weighted by Crippen LogP contribution is -2.51. The Labute approximate surface area is 238 Å². The van der Waals surface area contributed by atoms with E-state index in [9.17, 15) is 0 Å². The van der Waals surface area contributed by atoms with Crippen LogP contribution in [-0.4, -0.2) is 84.2 Å². The molecule has 1 saturated heterocycles. The van der Waals surface area contributed by atoms with Crippen molar-refractivity contribution in [1.82, 2.24) is 24.6 Å². The van der Waals surface area contributed by atoms with Crippen LogP contribution in [0.4, 0.5) is 0 Å². The molecule has 0 amide bonds. The number of nitrogens with zero attached hydrogens (tertiary/aromatic N) is 4. The lowest BCUT2D eigenvalue weighted by molar-refractivity contribution is 0.0659. The van der Waals surface area contributed by atoms with Crippen molar-refractivity contribution < 1.29 is 9.47 Å². The fourth-order valence-corrected chi connectivity index (χ4v) is 6.66. The highest BCUT2D eigenvalue weighted by atomic mass is 16.5. The third kappa shape index (κ3) is 6.12. The van der Waals surface area contributed by atoms with Gasteiger partial charge in [0.2, 0.25) is 0 Å². The first-order chi connectivity index (χ1) is 19.7. The first kappa shape index (κ1) is 27.1. The number of para-hydroxylation sites is 1. The summed E-state index contributed by atoms with van der Waals surface area (Å²) in [6.45, 7) is 6.83. The van der Waals surface area contributed by atoms with E-state index in [0.717, 1.165) is 54.6 Å². The van der Waals surface area contributed by atoms with Gasteiger partial charge in [-0.05, 0) is 67.3 Å². The third-order valence-electron chi connectivity index (χ3n) is 8.94. The molecule has 1 aliphatic heterocycles. The van der Waals surface area contributed by atoms with Gasteiger partial charge in [-0.3, -0.25) is 9.58 Å². The topological polar surface area (TPSA) is 58.5 Å². The molecular formula is C33H43N5O2. The van der Waals surface area contributed by atoms with Crippen molar-refractivity contribution in [1.29, 1.82) is 0 Å². The number of H-pyrrole nitrogens is 1. The number of rotatable bonds is 10. The minimum atomic E-state index is 0.502. The Morgan fingerprint density at radius 3 is 2.50 bits per heavy atom. The highest BCUT2D eigenvalue weighted by molar-refractivity contribution is 5.85. The molecule has 1 N–H and O–H groups in total. The summed E-state index contributed by atoms with van der Waals surface area (Å²) in [6.07, 6.45) is 9.10. The van der Waals surface area contributed by atoms with Crippen molar-refractivity contribution in [3.8, 4) is 17.0 Å². The summed E-state index contributed by atoms with van der Waals surface area (Å²) in [5.41, 5.74) is 5.73. The Hall–Kier alpha value is -3.13. The van der Waals surface area contributed by atoms with Gasteiger partial charge in [0, 0.05) is 81.9 Å². The summed E-state index contributed by atoms with van der Waals surface area (Å²) >= 11 is 0. The van der Waals surface area contributed by atoms with Gasteiger partial charge in [-0.2, -0.15) is 5.10 Å². The SMILES string of the molecule is COCCCN1CCN(C2CCC(n3ccc(-c4ccc5cc(Cc6ccccc6OC)[nH]c5c4)n3)CC2)CC1. The summed E-state index contributed by atoms with van der Waals surface area (Å²) in [6, 6.07) is 20.5. The predicted molar refractivity (Wildman–Crippen MR) is 161 cm³/mol. The maximum atomic E-state index is 5.54. The van der Waals surface area contributed by atoms with Crippen molar-refractivity contribution in [2.45, 2.75) is 50.6 Å². The van der Waals surface area contributed by atoms with Crippen LogP contribution in [0.5, 0.6) is 5.75 Å². The second kappa shape index (κ2) is 12.6. The van der Waals surface area contributed by atoms with Crippen molar-refractivity contribution in [3.63, 3.8) is 0 Å². The largest absolute Gasteiger partial charge is 0.496 e. The number of aromatic amines is 1. The van der Waals surface area contributed by atoms with Crippen LogP contribution in [0.25, 0.3) is 22.2 Å². The number of hydrogen-bond donors (Lipinski definition) is 1. The minimum Gasteiger partial charge on any atom is -0.496 e. The Morgan fingerprint density at radius 1 is 0.900 bits per heavy atom. The standard InChI is InChI=1S/C33H43N5O2/c1-39-21-5-15-36-17-19-37(20-18-36)29-10-12-30(13-11-29)38-16-14-31(35-38)26-9-8-25-22-28(34-32(25)24-26)23-27-6-3-4-7-33(27)40-2/h3-4,6-9,14,16,22,24,29-30,34H,5,10-13,15,17-21,23H2,1-2H3. The van der Waals surface area contributed by atoms with Crippen LogP contribution in [0.1, 0.15) is 49.4 Å². The predicted octanol–water partition coefficient (Wildman–Crippen LogP) is 5.77. The zero-order valence-corrected chi connectivity index (χ0v) is 24.0. The number of methoxy groups -OCH3 is 2. The van der Waals surface area contributed by atoms with Crippen molar-refractivity contribution >= 4 is 10.9 Å². The van der Waals surface area contributed by atoms with Gasteiger partial charge in [0.15, 0.2) is 0 Å². The van der Waals surface area contributed by atoms with Gasteiger partial charge in [-0.25, -0.2) is 0 Å². The number of piperazine rings is 1. The molecule has 1 saturated carbocycles. The molecule has 0 radical (unpaired) electrons. The molecule has 4 aromatic rings. The lowest BCUT2D eigenvalue weighted by atomic mass is 9.90. The number of ether oxygens (including phenoxy) is 2. The van der Waals surface area contributed by atoms with Crippen molar-refractivity contribution in [2.24, 2.45) is 0 Å². The molecule has 3 heterocycles. The van der Waals surface area contributed by atoms with Crippen molar-refractivity contribution in [2.75, 3.05) is 53.6 Å². The van der Waals surface area contributed by atoms with Crippen LogP contribution in [0.2, 0.25) is 0 Å². The monoisotopic (exact) mass is 541 g/mol. The molecule has 0 spiro atoms. The van der Waals surface area contributed by atoms with E-state index in [1.54, 1.807) is 14.2 Å². The van der Waals surface area contributed by atoms with E-state index in [4.69, 9.17) is 14.6 Å². The molecule has 0 atom stereocenters. The van der Waals surface area contributed by atoms with E-state index >= 15 is 0 Å². The maximum absolute atomic E-state index is 5.54. The van der Waals surface area contributed by atoms with E-state index in [1.807, 2.05) is 12.1 Å². The highest BCUT2D eigenvalue weighted by Gasteiger charge is 2.29. The third-order valence-corrected chi connectivity index (χ3v) is 8.94. The number of benzene rings is 2. The fraction of sp³-hybridized carbons (Fsp3) is 0.485. The first-order valence-corrected chi connectivity index (χ1v) is 14.9. The van der Waals surface area contributed by atoms with Crippen LogP contribution in [0, 0.1) is 0 Å². The Balaban J connectivity index is 1.05. The Kier molecular flexibility index (Phi) is 8.51. The summed E-state index contributed by atoms with van der Waals surface area (Å²) < 4.78 is 13.0. The molecule has 2 aromatic carbocycles. The van der Waals surface area contributed by atoms with Crippen LogP contribution in [0.3, 0.4) is 0 Å². The summed E-state index contributed by atoms with van der Waals surface area (Å²) in [5, 5.41) is 6.27. The van der Waals surface area contributed by atoms with Crippen LogP contribution in [0.15, 0.2) is 60.8 Å². The van der Waals surface area contributed by atoms with E-state index in [0.29, 0.717) is 6.04 Å². The molecule has 0 unspecified atom stereocenters. The summed E-state index contributed by atoms with van der Waals surface area (Å²) in [4.78, 5) is 8.96. The molecule has 7 heteroatoms. The molecule has 212 valence electrons. The van der Waals surface area contributed by atoms with E-state index in [-0.39, 0.29) is 0 Å². The first-order valence-electron chi connectivity index (χ1n) is 14.9. The van der Waals surface area contributed by atoms with E-state index < -0.39 is 0 Å². The normalized spacial score (nSPS) is 20.8. The molecule has 2 fully saturated rings. The number of nitrogens with one attached hydrogen (secondary N) is 1. The van der Waals surface area contributed by atoms with Crippen LogP contribution in [-0.2, 0) is 11.2 Å². The molecule has 6 rings (SSSR count). The van der Waals surface area contributed by atoms with Gasteiger partial charge < -0.3 is 19.4 Å². The van der Waals surface area contributed by atoms with Gasteiger partial charge in [0.25, 0.3) is 0 Å². The second-order valence-corrected chi connectivity index (χ2v) is 11.5. The average Bonchev–Trinajstić information content (AvgIpc) is 3.65. The van der Waals surface area contributed by atoms with Gasteiger partial charge in [0.1, 0.15) is 5.75 Å². The molecule has 1 aliphatic carbocycles. The molecule has 7 nitrogen and oxygen atoms in total. The summed E-state index contributed by atoms with van der Waals surface area (Å²) in [5.74, 6) is 0.928. The number of hydrogen-bond acceptors (Lipinski definition) is 5. The Morgan fingerprint density at radius 2 is 1.70 bits per heavy atom. The fourth-order valence-electron chi connectivity index (χ4n) is 6.66. The number of fused-ring (bicyclic) bond motifs is 1. The molecule has 2 aliphatic rings. The minimum absolute atomic E-state index is 0.502. The zero-order valence-electron chi connectivity index (χ0n) is 24.0. The van der Waals surface area contributed by atoms with E-state index in [2.05, 4.69) is 68.1 Å². The maximum Gasteiger partial charge on any atom is 0.122 e. The second-order valence-electron chi connectivity index (χ2n) is 11.5. The highest BCUT2D eigenvalue weighted by Crippen LogP contribution is 2.33. The quantitative estimate of drug-likeness (QED) is 0.258. The molecule has 40 heavy (non-hydrogen) atoms. The van der Waals surface area contributed by atoms with Gasteiger partial charge in [-0.1, -0.05) is 30.3 Å². The molecule has 2 aromatic heterocycles. The van der Waals surface area contributed by atoms with E-state index in [1.165, 1.54) is 68.5 Å².